The van der Waals surface area contributed by atoms with Gasteiger partial charge in [0.05, 0.1) is 18.8 Å². The minimum Gasteiger partial charge on any atom is -0.404 e. The van der Waals surface area contributed by atoms with Crippen molar-refractivity contribution < 1.29 is 19.0 Å². The number of carbonyl (C=O) groups excluding carboxylic acids is 1. The van der Waals surface area contributed by atoms with Crippen LogP contribution in [-0.2, 0) is 25.0 Å². The number of esters is 1. The van der Waals surface area contributed by atoms with E-state index >= 15 is 0 Å². The molecule has 1 fully saturated rings. The van der Waals surface area contributed by atoms with Gasteiger partial charge in [-0.3, -0.25) is 4.79 Å². The average molecular weight is 441 g/mol. The summed E-state index contributed by atoms with van der Waals surface area (Å²) in [6.07, 6.45) is 24.2. The lowest BCUT2D eigenvalue weighted by atomic mass is 10.1. The molecular formula is C28H40O4. The zero-order valence-electron chi connectivity index (χ0n) is 19.7. The minimum atomic E-state index is -1.38. The van der Waals surface area contributed by atoms with E-state index in [0.717, 1.165) is 56.9 Å². The van der Waals surface area contributed by atoms with E-state index in [-0.39, 0.29) is 5.97 Å². The van der Waals surface area contributed by atoms with Gasteiger partial charge in [0.15, 0.2) is 0 Å². The van der Waals surface area contributed by atoms with E-state index in [1.165, 1.54) is 12.8 Å². The Morgan fingerprint density at radius 1 is 0.875 bits per heavy atom. The summed E-state index contributed by atoms with van der Waals surface area (Å²) in [5.41, 5.74) is 0.727. The number of carbonyl (C=O) groups is 1. The Morgan fingerprint density at radius 2 is 1.50 bits per heavy atom. The van der Waals surface area contributed by atoms with Crippen molar-refractivity contribution >= 4 is 5.97 Å². The monoisotopic (exact) mass is 440 g/mol. The number of unbranched alkanes of at least 4 members (excludes halogenated alkanes) is 5. The number of rotatable bonds is 15. The Balaban J connectivity index is 1.54. The van der Waals surface area contributed by atoms with Crippen LogP contribution in [0.25, 0.3) is 0 Å². The topological polar surface area (TPSA) is 44.8 Å². The number of benzene rings is 1. The van der Waals surface area contributed by atoms with Gasteiger partial charge in [0.25, 0.3) is 0 Å². The van der Waals surface area contributed by atoms with Crippen LogP contribution in [0.15, 0.2) is 66.8 Å². The second-order valence-corrected chi connectivity index (χ2v) is 8.05. The molecule has 1 aliphatic rings. The molecule has 1 heterocycles. The van der Waals surface area contributed by atoms with Gasteiger partial charge >= 0.3 is 11.9 Å². The number of hydrogen-bond donors (Lipinski definition) is 0. The van der Waals surface area contributed by atoms with E-state index in [2.05, 4.69) is 43.4 Å². The summed E-state index contributed by atoms with van der Waals surface area (Å²) < 4.78 is 17.2. The Bertz CT molecular complexity index is 699. The maximum Gasteiger partial charge on any atom is 0.358 e. The predicted octanol–water partition coefficient (Wildman–Crippen LogP) is 7.37. The Hall–Kier alpha value is -2.17. The van der Waals surface area contributed by atoms with E-state index in [0.29, 0.717) is 19.6 Å². The zero-order valence-corrected chi connectivity index (χ0v) is 19.7. The van der Waals surface area contributed by atoms with Gasteiger partial charge in [0, 0.05) is 6.42 Å². The molecule has 32 heavy (non-hydrogen) atoms. The van der Waals surface area contributed by atoms with Crippen LogP contribution in [0, 0.1) is 0 Å². The van der Waals surface area contributed by atoms with Crippen LogP contribution < -0.4 is 0 Å². The lowest BCUT2D eigenvalue weighted by Crippen LogP contribution is -2.42. The van der Waals surface area contributed by atoms with Crippen molar-refractivity contribution in [1.29, 1.82) is 0 Å². The van der Waals surface area contributed by atoms with Gasteiger partial charge in [0.2, 0.25) is 0 Å². The van der Waals surface area contributed by atoms with Crippen molar-refractivity contribution in [1.82, 2.24) is 0 Å². The highest BCUT2D eigenvalue weighted by molar-refractivity contribution is 5.69. The highest BCUT2D eigenvalue weighted by Gasteiger charge is 2.41. The molecule has 0 bridgehead atoms. The van der Waals surface area contributed by atoms with Crippen molar-refractivity contribution in [3.63, 3.8) is 0 Å². The van der Waals surface area contributed by atoms with Crippen LogP contribution in [0.1, 0.15) is 83.1 Å². The molecule has 1 aromatic carbocycles. The molecule has 1 aromatic rings. The molecule has 0 amide bonds. The molecular weight excluding hydrogens is 400 g/mol. The second kappa shape index (κ2) is 16.5. The van der Waals surface area contributed by atoms with E-state index in [1.807, 2.05) is 30.3 Å². The molecule has 1 saturated heterocycles. The van der Waals surface area contributed by atoms with Gasteiger partial charge in [-0.25, -0.2) is 0 Å². The van der Waals surface area contributed by atoms with Crippen LogP contribution in [0.2, 0.25) is 0 Å². The normalized spacial score (nSPS) is 16.3. The first-order valence-corrected chi connectivity index (χ1v) is 12.3. The Labute approximate surface area is 194 Å². The Morgan fingerprint density at radius 3 is 2.22 bits per heavy atom. The van der Waals surface area contributed by atoms with Gasteiger partial charge in [-0.15, -0.1) is 0 Å². The number of ether oxygens (including phenoxy) is 3. The molecule has 2 rings (SSSR count). The molecule has 0 aromatic heterocycles. The first-order chi connectivity index (χ1) is 15.8. The number of hydrogen-bond acceptors (Lipinski definition) is 4. The second-order valence-electron chi connectivity index (χ2n) is 8.05. The maximum absolute atomic E-state index is 12.4. The molecule has 0 saturated carbocycles. The molecule has 0 spiro atoms. The molecule has 1 aliphatic heterocycles. The molecule has 0 atom stereocenters. The third-order valence-electron chi connectivity index (χ3n) is 5.28. The summed E-state index contributed by atoms with van der Waals surface area (Å²) in [6.45, 7) is 3.19. The van der Waals surface area contributed by atoms with Crippen molar-refractivity contribution in [3.05, 3.63) is 72.4 Å². The van der Waals surface area contributed by atoms with Gasteiger partial charge < -0.3 is 14.2 Å². The van der Waals surface area contributed by atoms with Crippen LogP contribution in [0.5, 0.6) is 0 Å². The fourth-order valence-corrected chi connectivity index (χ4v) is 3.53. The molecule has 4 nitrogen and oxygen atoms in total. The average Bonchev–Trinajstić information content (AvgIpc) is 2.82. The van der Waals surface area contributed by atoms with Crippen LogP contribution in [0.4, 0.5) is 0 Å². The van der Waals surface area contributed by atoms with Crippen LogP contribution >= 0.6 is 0 Å². The molecule has 0 aliphatic carbocycles. The largest absolute Gasteiger partial charge is 0.404 e. The zero-order chi connectivity index (χ0) is 22.7. The van der Waals surface area contributed by atoms with Crippen molar-refractivity contribution in [2.75, 3.05) is 13.2 Å². The van der Waals surface area contributed by atoms with Crippen molar-refractivity contribution in [2.45, 2.75) is 83.5 Å². The summed E-state index contributed by atoms with van der Waals surface area (Å²) >= 11 is 0. The van der Waals surface area contributed by atoms with Gasteiger partial charge in [-0.1, -0.05) is 80.8 Å². The van der Waals surface area contributed by atoms with Gasteiger partial charge in [0.1, 0.15) is 0 Å². The molecule has 0 unspecified atom stereocenters. The third-order valence-corrected chi connectivity index (χ3v) is 5.28. The lowest BCUT2D eigenvalue weighted by molar-refractivity contribution is -0.394. The van der Waals surface area contributed by atoms with E-state index < -0.39 is 5.97 Å². The third kappa shape index (κ3) is 10.4. The lowest BCUT2D eigenvalue weighted by Gasteiger charge is -2.35. The first-order valence-electron chi connectivity index (χ1n) is 12.3. The van der Waals surface area contributed by atoms with E-state index in [4.69, 9.17) is 14.2 Å². The first kappa shape index (κ1) is 26.1. The highest BCUT2D eigenvalue weighted by Crippen LogP contribution is 2.32. The minimum absolute atomic E-state index is 0.267. The van der Waals surface area contributed by atoms with Crippen LogP contribution in [0.3, 0.4) is 0 Å². The fraction of sp³-hybridized carbons (Fsp3) is 0.536. The molecule has 176 valence electrons. The van der Waals surface area contributed by atoms with Crippen molar-refractivity contribution in [3.8, 4) is 0 Å². The summed E-state index contributed by atoms with van der Waals surface area (Å²) in [6, 6.07) is 9.44. The number of allylic oxidation sites excluding steroid dienone is 6. The summed E-state index contributed by atoms with van der Waals surface area (Å²) in [7, 11) is 0. The summed E-state index contributed by atoms with van der Waals surface area (Å²) in [4.78, 5) is 12.4. The molecule has 0 radical (unpaired) electrons. The summed E-state index contributed by atoms with van der Waals surface area (Å²) in [5.74, 6) is -1.65. The van der Waals surface area contributed by atoms with E-state index in [9.17, 15) is 4.79 Å². The predicted molar refractivity (Wildman–Crippen MR) is 130 cm³/mol. The smallest absolute Gasteiger partial charge is 0.358 e. The fourth-order valence-electron chi connectivity index (χ4n) is 3.53. The molecule has 4 heteroatoms. The quantitative estimate of drug-likeness (QED) is 0.162. The SMILES string of the molecule is CC/C=C/C/C=C\C/C=C/CCCCCCCC(=O)OC1(c2ccccc2)OCCCO1. The Kier molecular flexibility index (Phi) is 13.4. The molecule has 0 N–H and O–H groups in total. The summed E-state index contributed by atoms with van der Waals surface area (Å²) in [5, 5.41) is 0. The van der Waals surface area contributed by atoms with Crippen LogP contribution in [-0.4, -0.2) is 19.2 Å². The van der Waals surface area contributed by atoms with Gasteiger partial charge in [-0.2, -0.15) is 0 Å². The van der Waals surface area contributed by atoms with E-state index in [1.54, 1.807) is 0 Å². The highest BCUT2D eigenvalue weighted by atomic mass is 16.9. The standard InChI is InChI=1S/C28H40O4/c1-2-3-4-5-6-7-8-9-10-11-12-13-14-15-19-23-27(29)32-28(30-24-20-25-31-28)26-21-17-16-18-22-26/h3-4,6-7,9-10,16-18,21-22H,2,5,8,11-15,19-20,23-25H2,1H3/b4-3+,7-6-,10-9+. The van der Waals surface area contributed by atoms with Gasteiger partial charge in [-0.05, 0) is 57.1 Å². The van der Waals surface area contributed by atoms with Crippen molar-refractivity contribution in [2.24, 2.45) is 0 Å². The maximum atomic E-state index is 12.4.